The van der Waals surface area contributed by atoms with Crippen LogP contribution in [-0.2, 0) is 0 Å². The van der Waals surface area contributed by atoms with Crippen LogP contribution < -0.4 is 5.32 Å². The van der Waals surface area contributed by atoms with E-state index in [2.05, 4.69) is 17.2 Å². The zero-order valence-electron chi connectivity index (χ0n) is 11.1. The third kappa shape index (κ3) is 3.67. The Balaban J connectivity index is 1.98. The average Bonchev–Trinajstić information content (AvgIpc) is 2.36. The van der Waals surface area contributed by atoms with E-state index in [1.165, 1.54) is 18.7 Å². The summed E-state index contributed by atoms with van der Waals surface area (Å²) >= 11 is 0. The lowest BCUT2D eigenvalue weighted by Gasteiger charge is -2.35. The molecule has 0 aliphatic heterocycles. The topological polar surface area (TPSA) is 82.5 Å². The number of carboxylic acid groups (broad SMARTS) is 1. The first-order chi connectivity index (χ1) is 8.98. The van der Waals surface area contributed by atoms with E-state index in [1.54, 1.807) is 6.07 Å². The van der Waals surface area contributed by atoms with E-state index in [4.69, 9.17) is 5.11 Å². The number of aromatic nitrogens is 1. The highest BCUT2D eigenvalue weighted by Gasteiger charge is 2.32. The fraction of sp³-hybridized carbons (Fsp3) is 0.571. The first-order valence-corrected chi connectivity index (χ1v) is 6.64. The predicted octanol–water partition coefficient (Wildman–Crippen LogP) is 2.13. The third-order valence-corrected chi connectivity index (χ3v) is 3.67. The van der Waals surface area contributed by atoms with Crippen molar-refractivity contribution in [1.82, 2.24) is 4.98 Å². The van der Waals surface area contributed by atoms with Gasteiger partial charge < -0.3 is 15.5 Å². The summed E-state index contributed by atoms with van der Waals surface area (Å²) in [5.74, 6) is -0.513. The lowest BCUT2D eigenvalue weighted by Crippen LogP contribution is -2.41. The second-order valence-corrected chi connectivity index (χ2v) is 5.51. The summed E-state index contributed by atoms with van der Waals surface area (Å²) in [6.45, 7) is 2.60. The number of anilines is 1. The minimum atomic E-state index is -1.05. The minimum Gasteiger partial charge on any atom is -0.477 e. The number of nitrogens with zero attached hydrogens (tertiary/aromatic N) is 1. The second kappa shape index (κ2) is 5.57. The number of aromatic carboxylic acids is 1. The summed E-state index contributed by atoms with van der Waals surface area (Å²) in [6.07, 6.45) is 5.24. The molecular formula is C14H20N2O3. The van der Waals surface area contributed by atoms with Crippen molar-refractivity contribution < 1.29 is 15.0 Å². The number of aliphatic hydroxyl groups is 1. The fourth-order valence-corrected chi connectivity index (χ4v) is 2.72. The van der Waals surface area contributed by atoms with Gasteiger partial charge in [0.25, 0.3) is 0 Å². The predicted molar refractivity (Wildman–Crippen MR) is 72.3 cm³/mol. The molecule has 1 saturated carbocycles. The Morgan fingerprint density at radius 3 is 3.11 bits per heavy atom. The molecule has 0 aromatic carbocycles. The lowest BCUT2D eigenvalue weighted by molar-refractivity contribution is -0.000764. The van der Waals surface area contributed by atoms with Crippen LogP contribution in [0.5, 0.6) is 0 Å². The van der Waals surface area contributed by atoms with Gasteiger partial charge in [0.1, 0.15) is 5.69 Å². The normalized spacial score (nSPS) is 26.9. The third-order valence-electron chi connectivity index (χ3n) is 3.67. The number of pyridine rings is 1. The van der Waals surface area contributed by atoms with Gasteiger partial charge in [-0.25, -0.2) is 9.78 Å². The number of carboxylic acids is 1. The average molecular weight is 264 g/mol. The summed E-state index contributed by atoms with van der Waals surface area (Å²) in [5, 5.41) is 22.5. The van der Waals surface area contributed by atoms with Gasteiger partial charge in [-0.2, -0.15) is 0 Å². The van der Waals surface area contributed by atoms with Crippen molar-refractivity contribution in [3.05, 3.63) is 24.0 Å². The first-order valence-electron chi connectivity index (χ1n) is 6.64. The Kier molecular flexibility index (Phi) is 4.04. The van der Waals surface area contributed by atoms with E-state index in [-0.39, 0.29) is 5.69 Å². The molecular weight excluding hydrogens is 244 g/mol. The molecule has 0 amide bonds. The summed E-state index contributed by atoms with van der Waals surface area (Å²) in [5.41, 5.74) is -0.00214. The summed E-state index contributed by atoms with van der Waals surface area (Å²) in [7, 11) is 0. The van der Waals surface area contributed by atoms with E-state index >= 15 is 0 Å². The van der Waals surface area contributed by atoms with Crippen molar-refractivity contribution in [3.63, 3.8) is 0 Å². The molecule has 0 bridgehead atoms. The molecule has 1 aliphatic rings. The number of hydrogen-bond donors (Lipinski definition) is 3. The summed E-state index contributed by atoms with van der Waals surface area (Å²) in [4.78, 5) is 14.6. The van der Waals surface area contributed by atoms with Crippen LogP contribution in [0.2, 0.25) is 0 Å². The molecule has 1 aliphatic carbocycles. The SMILES string of the molecule is CC1CCCC(O)(CNc2ccnc(C(=O)O)c2)C1. The lowest BCUT2D eigenvalue weighted by atomic mass is 9.79. The monoisotopic (exact) mass is 264 g/mol. The molecule has 5 heteroatoms. The maximum absolute atomic E-state index is 10.8. The Labute approximate surface area is 112 Å². The van der Waals surface area contributed by atoms with E-state index in [0.29, 0.717) is 18.2 Å². The quantitative estimate of drug-likeness (QED) is 0.776. The van der Waals surface area contributed by atoms with Gasteiger partial charge in [-0.1, -0.05) is 19.8 Å². The van der Waals surface area contributed by atoms with Crippen molar-refractivity contribution >= 4 is 11.7 Å². The maximum atomic E-state index is 10.8. The van der Waals surface area contributed by atoms with E-state index in [1.807, 2.05) is 0 Å². The van der Waals surface area contributed by atoms with Crippen molar-refractivity contribution in [2.75, 3.05) is 11.9 Å². The number of rotatable bonds is 4. The number of carbonyl (C=O) groups is 1. The van der Waals surface area contributed by atoms with Gasteiger partial charge >= 0.3 is 5.97 Å². The van der Waals surface area contributed by atoms with E-state index in [9.17, 15) is 9.90 Å². The van der Waals surface area contributed by atoms with E-state index < -0.39 is 11.6 Å². The molecule has 2 atom stereocenters. The smallest absolute Gasteiger partial charge is 0.354 e. The molecule has 0 radical (unpaired) electrons. The van der Waals surface area contributed by atoms with Crippen LogP contribution in [0.25, 0.3) is 0 Å². The largest absolute Gasteiger partial charge is 0.477 e. The summed E-state index contributed by atoms with van der Waals surface area (Å²) < 4.78 is 0. The highest BCUT2D eigenvalue weighted by atomic mass is 16.4. The zero-order valence-corrected chi connectivity index (χ0v) is 11.1. The minimum absolute atomic E-state index is 0.00834. The first kappa shape index (κ1) is 13.8. The molecule has 3 N–H and O–H groups in total. The van der Waals surface area contributed by atoms with Gasteiger partial charge in [0, 0.05) is 18.4 Å². The van der Waals surface area contributed by atoms with E-state index in [0.717, 1.165) is 19.3 Å². The number of nitrogens with one attached hydrogen (secondary N) is 1. The van der Waals surface area contributed by atoms with Gasteiger partial charge in [0.05, 0.1) is 5.60 Å². The second-order valence-electron chi connectivity index (χ2n) is 5.51. The zero-order chi connectivity index (χ0) is 13.9. The molecule has 2 unspecified atom stereocenters. The van der Waals surface area contributed by atoms with Crippen molar-refractivity contribution in [3.8, 4) is 0 Å². The highest BCUT2D eigenvalue weighted by molar-refractivity contribution is 5.86. The van der Waals surface area contributed by atoms with Crippen molar-refractivity contribution in [2.24, 2.45) is 5.92 Å². The van der Waals surface area contributed by atoms with Crippen LogP contribution in [-0.4, -0.2) is 33.3 Å². The van der Waals surface area contributed by atoms with Crippen LogP contribution in [0.4, 0.5) is 5.69 Å². The standard InChI is InChI=1S/C14H20N2O3/c1-10-3-2-5-14(19,8-10)9-16-11-4-6-15-12(7-11)13(17)18/h4,6-7,10,19H,2-3,5,8-9H2,1H3,(H,15,16)(H,17,18). The molecule has 1 aromatic heterocycles. The molecule has 1 heterocycles. The van der Waals surface area contributed by atoms with Crippen LogP contribution in [0.15, 0.2) is 18.3 Å². The molecule has 19 heavy (non-hydrogen) atoms. The molecule has 104 valence electrons. The van der Waals surface area contributed by atoms with Gasteiger partial charge in [-0.15, -0.1) is 0 Å². The van der Waals surface area contributed by atoms with Crippen LogP contribution >= 0.6 is 0 Å². The van der Waals surface area contributed by atoms with Crippen molar-refractivity contribution in [1.29, 1.82) is 0 Å². The van der Waals surface area contributed by atoms with Crippen LogP contribution in [0, 0.1) is 5.92 Å². The molecule has 2 rings (SSSR count). The molecule has 0 spiro atoms. The van der Waals surface area contributed by atoms with Gasteiger partial charge in [-0.3, -0.25) is 0 Å². The Morgan fingerprint density at radius 2 is 2.42 bits per heavy atom. The molecule has 5 nitrogen and oxygen atoms in total. The number of hydrogen-bond acceptors (Lipinski definition) is 4. The molecule has 1 aromatic rings. The van der Waals surface area contributed by atoms with Crippen LogP contribution in [0.1, 0.15) is 43.1 Å². The Morgan fingerprint density at radius 1 is 1.63 bits per heavy atom. The maximum Gasteiger partial charge on any atom is 0.354 e. The van der Waals surface area contributed by atoms with Crippen molar-refractivity contribution in [2.45, 2.75) is 38.2 Å². The highest BCUT2D eigenvalue weighted by Crippen LogP contribution is 2.32. The molecule has 1 fully saturated rings. The van der Waals surface area contributed by atoms with Gasteiger partial charge in [0.2, 0.25) is 0 Å². The fourth-order valence-electron chi connectivity index (χ4n) is 2.72. The molecule has 0 saturated heterocycles. The Bertz CT molecular complexity index is 464. The van der Waals surface area contributed by atoms with Gasteiger partial charge in [0.15, 0.2) is 0 Å². The summed E-state index contributed by atoms with van der Waals surface area (Å²) in [6, 6.07) is 3.19. The van der Waals surface area contributed by atoms with Gasteiger partial charge in [-0.05, 0) is 30.9 Å². The Hall–Kier alpha value is -1.62. The van der Waals surface area contributed by atoms with Crippen LogP contribution in [0.3, 0.4) is 0 Å².